The Morgan fingerprint density at radius 2 is 1.44 bits per heavy atom. The highest BCUT2D eigenvalue weighted by atomic mass is 79.9. The lowest BCUT2D eigenvalue weighted by atomic mass is 10.1. The van der Waals surface area contributed by atoms with Crippen molar-refractivity contribution in [3.8, 4) is 5.75 Å². The van der Waals surface area contributed by atoms with Crippen molar-refractivity contribution in [3.05, 3.63) is 86.8 Å². The molecule has 0 aliphatic rings. The van der Waals surface area contributed by atoms with Crippen molar-refractivity contribution >= 4 is 31.9 Å². The molecule has 1 N–H and O–H groups in total. The summed E-state index contributed by atoms with van der Waals surface area (Å²) in [5, 5.41) is 10.4. The zero-order chi connectivity index (χ0) is 17.6. The molecule has 0 saturated heterocycles. The number of phenols is 1. The molecule has 1 aromatic carbocycles. The Morgan fingerprint density at radius 3 is 1.96 bits per heavy atom. The molecule has 0 aliphatic heterocycles. The van der Waals surface area contributed by atoms with E-state index in [-0.39, 0.29) is 5.75 Å². The van der Waals surface area contributed by atoms with Crippen LogP contribution in [0, 0.1) is 0 Å². The van der Waals surface area contributed by atoms with Gasteiger partial charge in [-0.15, -0.1) is 0 Å². The summed E-state index contributed by atoms with van der Waals surface area (Å²) >= 11 is 6.88. The maximum absolute atomic E-state index is 10.4. The van der Waals surface area contributed by atoms with Crippen molar-refractivity contribution in [2.24, 2.45) is 0 Å². The van der Waals surface area contributed by atoms with Crippen molar-refractivity contribution in [1.82, 2.24) is 14.9 Å². The molecule has 0 spiro atoms. The van der Waals surface area contributed by atoms with Gasteiger partial charge in [0.15, 0.2) is 0 Å². The van der Waals surface area contributed by atoms with Crippen LogP contribution in [-0.2, 0) is 19.6 Å². The van der Waals surface area contributed by atoms with E-state index in [1.807, 2.05) is 48.5 Å². The summed E-state index contributed by atoms with van der Waals surface area (Å²) in [6, 6.07) is 15.5. The molecule has 25 heavy (non-hydrogen) atoms. The standard InChI is InChI=1S/C19H17Br2N3O/c20-15-9-14(19(25)18(21)10-15)11-24(12-16-5-1-3-7-22-16)13-17-6-2-4-8-23-17/h1-10,25H,11-13H2. The van der Waals surface area contributed by atoms with E-state index in [4.69, 9.17) is 0 Å². The van der Waals surface area contributed by atoms with E-state index in [9.17, 15) is 5.11 Å². The van der Waals surface area contributed by atoms with Crippen LogP contribution in [0.3, 0.4) is 0 Å². The van der Waals surface area contributed by atoms with Crippen LogP contribution < -0.4 is 0 Å². The number of rotatable bonds is 6. The predicted molar refractivity (Wildman–Crippen MR) is 105 cm³/mol. The van der Waals surface area contributed by atoms with E-state index in [1.54, 1.807) is 12.4 Å². The summed E-state index contributed by atoms with van der Waals surface area (Å²) in [5.74, 6) is 0.259. The second-order valence-electron chi connectivity index (χ2n) is 5.68. The quantitative estimate of drug-likeness (QED) is 0.565. The summed E-state index contributed by atoms with van der Waals surface area (Å²) in [6.45, 7) is 1.92. The number of pyridine rings is 2. The zero-order valence-corrected chi connectivity index (χ0v) is 16.6. The van der Waals surface area contributed by atoms with Crippen molar-refractivity contribution in [2.75, 3.05) is 0 Å². The van der Waals surface area contributed by atoms with Gasteiger partial charge in [0, 0.05) is 42.1 Å². The molecule has 0 aliphatic carbocycles. The van der Waals surface area contributed by atoms with Gasteiger partial charge in [0.1, 0.15) is 5.75 Å². The van der Waals surface area contributed by atoms with Crippen LogP contribution in [0.1, 0.15) is 17.0 Å². The van der Waals surface area contributed by atoms with Crippen LogP contribution in [0.4, 0.5) is 0 Å². The number of phenolic OH excluding ortho intramolecular Hbond substituents is 1. The topological polar surface area (TPSA) is 49.2 Å². The number of halogens is 2. The first-order valence-electron chi connectivity index (χ1n) is 7.81. The molecule has 0 fully saturated rings. The summed E-state index contributed by atoms with van der Waals surface area (Å²) in [5.41, 5.74) is 2.80. The van der Waals surface area contributed by atoms with E-state index in [0.29, 0.717) is 24.1 Å². The smallest absolute Gasteiger partial charge is 0.134 e. The largest absolute Gasteiger partial charge is 0.506 e. The molecule has 0 amide bonds. The van der Waals surface area contributed by atoms with Gasteiger partial charge in [-0.05, 0) is 52.3 Å². The first-order chi connectivity index (χ1) is 12.1. The lowest BCUT2D eigenvalue weighted by Crippen LogP contribution is -2.23. The van der Waals surface area contributed by atoms with Gasteiger partial charge in [0.25, 0.3) is 0 Å². The number of benzene rings is 1. The Bertz CT molecular complexity index is 787. The van der Waals surface area contributed by atoms with Crippen LogP contribution >= 0.6 is 31.9 Å². The number of nitrogens with zero attached hydrogens (tertiary/aromatic N) is 3. The minimum absolute atomic E-state index is 0.259. The van der Waals surface area contributed by atoms with E-state index in [1.165, 1.54) is 0 Å². The molecule has 0 atom stereocenters. The van der Waals surface area contributed by atoms with E-state index in [0.717, 1.165) is 21.4 Å². The summed E-state index contributed by atoms with van der Waals surface area (Å²) < 4.78 is 1.59. The summed E-state index contributed by atoms with van der Waals surface area (Å²) in [7, 11) is 0. The molecular weight excluding hydrogens is 446 g/mol. The number of hydrogen-bond donors (Lipinski definition) is 1. The highest BCUT2D eigenvalue weighted by Gasteiger charge is 2.14. The number of hydrogen-bond acceptors (Lipinski definition) is 4. The molecule has 0 saturated carbocycles. The summed E-state index contributed by atoms with van der Waals surface area (Å²) in [4.78, 5) is 11.0. The normalized spacial score (nSPS) is 11.0. The fraction of sp³-hybridized carbons (Fsp3) is 0.158. The zero-order valence-electron chi connectivity index (χ0n) is 13.4. The lowest BCUT2D eigenvalue weighted by molar-refractivity contribution is 0.238. The first-order valence-corrected chi connectivity index (χ1v) is 9.39. The molecule has 6 heteroatoms. The molecule has 0 bridgehead atoms. The highest BCUT2D eigenvalue weighted by molar-refractivity contribution is 9.11. The monoisotopic (exact) mass is 461 g/mol. The van der Waals surface area contributed by atoms with Crippen LogP contribution in [0.15, 0.2) is 69.9 Å². The van der Waals surface area contributed by atoms with Crippen molar-refractivity contribution < 1.29 is 5.11 Å². The van der Waals surface area contributed by atoms with Gasteiger partial charge in [-0.1, -0.05) is 28.1 Å². The van der Waals surface area contributed by atoms with Gasteiger partial charge in [-0.3, -0.25) is 14.9 Å². The van der Waals surface area contributed by atoms with Crippen molar-refractivity contribution in [3.63, 3.8) is 0 Å². The molecule has 2 heterocycles. The first kappa shape index (κ1) is 18.0. The van der Waals surface area contributed by atoms with Gasteiger partial charge in [-0.2, -0.15) is 0 Å². The van der Waals surface area contributed by atoms with E-state index < -0.39 is 0 Å². The average Bonchev–Trinajstić information content (AvgIpc) is 2.61. The van der Waals surface area contributed by atoms with Gasteiger partial charge in [-0.25, -0.2) is 0 Å². The number of aromatic hydroxyl groups is 1. The number of aromatic nitrogens is 2. The maximum Gasteiger partial charge on any atom is 0.134 e. The Morgan fingerprint density at radius 1 is 0.840 bits per heavy atom. The van der Waals surface area contributed by atoms with Gasteiger partial charge >= 0.3 is 0 Å². The minimum Gasteiger partial charge on any atom is -0.506 e. The molecule has 2 aromatic heterocycles. The third-order valence-corrected chi connectivity index (χ3v) is 4.79. The molecule has 128 valence electrons. The van der Waals surface area contributed by atoms with E-state index in [2.05, 4.69) is 46.7 Å². The van der Waals surface area contributed by atoms with Crippen molar-refractivity contribution in [1.29, 1.82) is 0 Å². The molecular formula is C19H17Br2N3O. The third-order valence-electron chi connectivity index (χ3n) is 3.72. The second kappa shape index (κ2) is 8.56. The van der Waals surface area contributed by atoms with E-state index >= 15 is 0 Å². The fourth-order valence-corrected chi connectivity index (χ4v) is 3.90. The molecule has 4 nitrogen and oxygen atoms in total. The lowest BCUT2D eigenvalue weighted by Gasteiger charge is -2.22. The molecule has 3 rings (SSSR count). The molecule has 0 unspecified atom stereocenters. The average molecular weight is 463 g/mol. The second-order valence-corrected chi connectivity index (χ2v) is 7.45. The predicted octanol–water partition coefficient (Wildman–Crippen LogP) is 4.91. The van der Waals surface area contributed by atoms with Crippen LogP contribution in [-0.4, -0.2) is 20.0 Å². The molecule has 0 radical (unpaired) electrons. The Hall–Kier alpha value is -1.76. The van der Waals surface area contributed by atoms with Crippen LogP contribution in [0.2, 0.25) is 0 Å². The molecule has 3 aromatic rings. The Kier molecular flexibility index (Phi) is 6.18. The highest BCUT2D eigenvalue weighted by Crippen LogP contribution is 2.32. The van der Waals surface area contributed by atoms with Crippen molar-refractivity contribution in [2.45, 2.75) is 19.6 Å². The van der Waals surface area contributed by atoms with Gasteiger partial charge in [0.2, 0.25) is 0 Å². The fourth-order valence-electron chi connectivity index (χ4n) is 2.59. The minimum atomic E-state index is 0.259. The Balaban J connectivity index is 1.85. The Labute approximate surface area is 163 Å². The van der Waals surface area contributed by atoms with Gasteiger partial charge in [0.05, 0.1) is 15.9 Å². The van der Waals surface area contributed by atoms with Gasteiger partial charge < -0.3 is 5.11 Å². The maximum atomic E-state index is 10.4. The SMILES string of the molecule is Oc1c(Br)cc(Br)cc1CN(Cc1ccccn1)Cc1ccccn1. The summed E-state index contributed by atoms with van der Waals surface area (Å²) in [6.07, 6.45) is 3.59. The third kappa shape index (κ3) is 5.11. The van der Waals surface area contributed by atoms with Crippen LogP contribution in [0.5, 0.6) is 5.75 Å². The van der Waals surface area contributed by atoms with Crippen LogP contribution in [0.25, 0.3) is 0 Å².